The van der Waals surface area contributed by atoms with Crippen LogP contribution in [0.1, 0.15) is 44.2 Å². The van der Waals surface area contributed by atoms with Crippen LogP contribution in [0.3, 0.4) is 0 Å². The van der Waals surface area contributed by atoms with Crippen molar-refractivity contribution >= 4 is 11.9 Å². The Morgan fingerprint density at radius 1 is 1.35 bits per heavy atom. The van der Waals surface area contributed by atoms with E-state index in [0.29, 0.717) is 24.7 Å². The highest BCUT2D eigenvalue weighted by Crippen LogP contribution is 2.17. The Hall–Kier alpha value is -1.92. The van der Waals surface area contributed by atoms with E-state index in [1.54, 1.807) is 6.20 Å². The lowest BCUT2D eigenvalue weighted by molar-refractivity contribution is -0.136. The number of hydrogen-bond acceptors (Lipinski definition) is 4. The molecule has 110 valence electrons. The van der Waals surface area contributed by atoms with Gasteiger partial charge in [-0.3, -0.25) is 14.3 Å². The zero-order chi connectivity index (χ0) is 14.4. The van der Waals surface area contributed by atoms with E-state index in [1.165, 1.54) is 23.9 Å². The van der Waals surface area contributed by atoms with Gasteiger partial charge in [0.25, 0.3) is 0 Å². The first-order valence-electron chi connectivity index (χ1n) is 7.03. The van der Waals surface area contributed by atoms with Crippen LogP contribution in [0.4, 0.5) is 0 Å². The summed E-state index contributed by atoms with van der Waals surface area (Å²) in [4.78, 5) is 22.3. The average molecular weight is 280 g/mol. The zero-order valence-electron chi connectivity index (χ0n) is 11.4. The molecule has 1 aromatic rings. The van der Waals surface area contributed by atoms with E-state index in [0.717, 1.165) is 12.8 Å². The van der Waals surface area contributed by atoms with Crippen LogP contribution >= 0.6 is 0 Å². The number of amides is 1. The summed E-state index contributed by atoms with van der Waals surface area (Å²) in [6, 6.07) is 0.314. The van der Waals surface area contributed by atoms with E-state index in [1.807, 2.05) is 0 Å². The molecular formula is C13H20N4O3. The second-order valence-corrected chi connectivity index (χ2v) is 5.20. The summed E-state index contributed by atoms with van der Waals surface area (Å²) in [5.41, 5.74) is 0.408. The molecule has 2 N–H and O–H groups in total. The zero-order valence-corrected chi connectivity index (χ0v) is 11.4. The van der Waals surface area contributed by atoms with Crippen LogP contribution in [0, 0.1) is 0 Å². The molecule has 1 aliphatic carbocycles. The molecule has 1 aliphatic rings. The van der Waals surface area contributed by atoms with Crippen molar-refractivity contribution in [3.05, 3.63) is 11.9 Å². The van der Waals surface area contributed by atoms with Crippen molar-refractivity contribution in [2.24, 2.45) is 0 Å². The molecule has 20 heavy (non-hydrogen) atoms. The molecule has 0 saturated heterocycles. The molecule has 1 heterocycles. The van der Waals surface area contributed by atoms with Crippen LogP contribution < -0.4 is 5.32 Å². The van der Waals surface area contributed by atoms with E-state index in [4.69, 9.17) is 5.11 Å². The van der Waals surface area contributed by atoms with E-state index < -0.39 is 5.97 Å². The lowest BCUT2D eigenvalue weighted by Crippen LogP contribution is -2.36. The van der Waals surface area contributed by atoms with Gasteiger partial charge in [0, 0.05) is 18.7 Å². The van der Waals surface area contributed by atoms with Gasteiger partial charge in [-0.1, -0.05) is 24.5 Å². The Balaban J connectivity index is 1.72. The molecule has 7 nitrogen and oxygen atoms in total. The molecule has 2 rings (SSSR count). The highest BCUT2D eigenvalue weighted by molar-refractivity contribution is 5.76. The fourth-order valence-electron chi connectivity index (χ4n) is 2.45. The second-order valence-electron chi connectivity index (χ2n) is 5.20. The molecule has 0 aliphatic heterocycles. The Kier molecular flexibility index (Phi) is 5.09. The summed E-state index contributed by atoms with van der Waals surface area (Å²) in [7, 11) is 0. The Morgan fingerprint density at radius 2 is 2.10 bits per heavy atom. The number of aromatic nitrogens is 3. The molecule has 1 fully saturated rings. The minimum Gasteiger partial charge on any atom is -0.481 e. The minimum absolute atomic E-state index is 0.0205. The topological polar surface area (TPSA) is 97.1 Å². The lowest BCUT2D eigenvalue weighted by atomic mass is 9.95. The van der Waals surface area contributed by atoms with Gasteiger partial charge in [0.15, 0.2) is 0 Å². The highest BCUT2D eigenvalue weighted by Gasteiger charge is 2.15. The largest absolute Gasteiger partial charge is 0.481 e. The summed E-state index contributed by atoms with van der Waals surface area (Å²) in [5, 5.41) is 19.2. The first kappa shape index (κ1) is 14.5. The van der Waals surface area contributed by atoms with Crippen LogP contribution in [0.5, 0.6) is 0 Å². The van der Waals surface area contributed by atoms with Gasteiger partial charge in [0.05, 0.1) is 18.7 Å². The van der Waals surface area contributed by atoms with Gasteiger partial charge < -0.3 is 10.4 Å². The Labute approximate surface area is 117 Å². The maximum absolute atomic E-state index is 11.8. The third-order valence-corrected chi connectivity index (χ3v) is 3.46. The number of hydrogen-bond donors (Lipinski definition) is 2. The minimum atomic E-state index is -0.938. The molecule has 0 atom stereocenters. The van der Waals surface area contributed by atoms with Gasteiger partial charge in [-0.25, -0.2) is 0 Å². The molecule has 1 saturated carbocycles. The van der Waals surface area contributed by atoms with Crippen LogP contribution in [0.15, 0.2) is 6.20 Å². The number of carbonyl (C=O) groups is 2. The number of carbonyl (C=O) groups excluding carboxylic acids is 1. The number of aryl methyl sites for hydroxylation is 1. The highest BCUT2D eigenvalue weighted by atomic mass is 16.4. The number of nitrogens with one attached hydrogen (secondary N) is 1. The van der Waals surface area contributed by atoms with Crippen molar-refractivity contribution in [2.45, 2.75) is 57.5 Å². The quantitative estimate of drug-likeness (QED) is 0.801. The standard InChI is InChI=1S/C13H20N4O3/c18-12(14-10-4-2-1-3-5-10)6-7-17-9-11(15-16-17)8-13(19)20/h9-10H,1-8H2,(H,14,18)(H,19,20). The van der Waals surface area contributed by atoms with Crippen LogP contribution in [-0.4, -0.2) is 38.0 Å². The van der Waals surface area contributed by atoms with Crippen LogP contribution in [-0.2, 0) is 22.6 Å². The summed E-state index contributed by atoms with van der Waals surface area (Å²) in [6.07, 6.45) is 7.54. The normalized spacial score (nSPS) is 16.0. The van der Waals surface area contributed by atoms with Crippen molar-refractivity contribution in [3.63, 3.8) is 0 Å². The van der Waals surface area contributed by atoms with Crippen molar-refractivity contribution in [2.75, 3.05) is 0 Å². The molecular weight excluding hydrogens is 260 g/mol. The van der Waals surface area contributed by atoms with E-state index >= 15 is 0 Å². The van der Waals surface area contributed by atoms with Gasteiger partial charge in [-0.2, -0.15) is 0 Å². The van der Waals surface area contributed by atoms with Crippen molar-refractivity contribution in [1.82, 2.24) is 20.3 Å². The number of rotatable bonds is 6. The lowest BCUT2D eigenvalue weighted by Gasteiger charge is -2.22. The SMILES string of the molecule is O=C(O)Cc1cn(CCC(=O)NC2CCCCC2)nn1. The monoisotopic (exact) mass is 280 g/mol. The third-order valence-electron chi connectivity index (χ3n) is 3.46. The number of aliphatic carboxylic acids is 1. The second kappa shape index (κ2) is 7.02. The summed E-state index contributed by atoms with van der Waals surface area (Å²) < 4.78 is 1.51. The molecule has 0 unspecified atom stereocenters. The van der Waals surface area contributed by atoms with Gasteiger partial charge in [-0.05, 0) is 12.8 Å². The summed E-state index contributed by atoms with van der Waals surface area (Å²) >= 11 is 0. The van der Waals surface area contributed by atoms with E-state index in [9.17, 15) is 9.59 Å². The number of carboxylic acids is 1. The van der Waals surface area contributed by atoms with Crippen LogP contribution in [0.2, 0.25) is 0 Å². The van der Waals surface area contributed by atoms with E-state index in [2.05, 4.69) is 15.6 Å². The molecule has 1 amide bonds. The predicted molar refractivity (Wildman–Crippen MR) is 71.0 cm³/mol. The number of carboxylic acid groups (broad SMARTS) is 1. The first-order chi connectivity index (χ1) is 9.63. The molecule has 7 heteroatoms. The maximum Gasteiger partial charge on any atom is 0.309 e. The fraction of sp³-hybridized carbons (Fsp3) is 0.692. The predicted octanol–water partition coefficient (Wildman–Crippen LogP) is 0.744. The van der Waals surface area contributed by atoms with Crippen molar-refractivity contribution < 1.29 is 14.7 Å². The van der Waals surface area contributed by atoms with Gasteiger partial charge in [0.2, 0.25) is 5.91 Å². The molecule has 0 aromatic carbocycles. The summed E-state index contributed by atoms with van der Waals surface area (Å²) in [5.74, 6) is -0.917. The maximum atomic E-state index is 11.8. The number of nitrogens with zero attached hydrogens (tertiary/aromatic N) is 3. The third kappa shape index (κ3) is 4.64. The van der Waals surface area contributed by atoms with Gasteiger partial charge in [-0.15, -0.1) is 5.10 Å². The van der Waals surface area contributed by atoms with Gasteiger partial charge in [0.1, 0.15) is 0 Å². The van der Waals surface area contributed by atoms with Crippen molar-refractivity contribution in [3.8, 4) is 0 Å². The van der Waals surface area contributed by atoms with Gasteiger partial charge >= 0.3 is 5.97 Å². The first-order valence-corrected chi connectivity index (χ1v) is 7.03. The average Bonchev–Trinajstić information content (AvgIpc) is 2.84. The van der Waals surface area contributed by atoms with Crippen molar-refractivity contribution in [1.29, 1.82) is 0 Å². The Morgan fingerprint density at radius 3 is 2.80 bits per heavy atom. The summed E-state index contributed by atoms with van der Waals surface area (Å²) in [6.45, 7) is 0.422. The van der Waals surface area contributed by atoms with E-state index in [-0.39, 0.29) is 12.3 Å². The van der Waals surface area contributed by atoms with Crippen LogP contribution in [0.25, 0.3) is 0 Å². The molecule has 0 radical (unpaired) electrons. The fourth-order valence-corrected chi connectivity index (χ4v) is 2.45. The Bertz CT molecular complexity index is 466. The molecule has 0 spiro atoms. The molecule has 0 bridgehead atoms. The molecule has 1 aromatic heterocycles. The smallest absolute Gasteiger partial charge is 0.309 e.